The number of allylic oxidation sites excluding steroid dienone is 4. The van der Waals surface area contributed by atoms with E-state index in [9.17, 15) is 0 Å². The summed E-state index contributed by atoms with van der Waals surface area (Å²) in [5.74, 6) is 1.50. The first-order valence-electron chi connectivity index (χ1n) is 14.1. The monoisotopic (exact) mass is 530 g/mol. The van der Waals surface area contributed by atoms with Crippen LogP contribution in [0, 0.1) is 5.92 Å². The lowest BCUT2D eigenvalue weighted by Crippen LogP contribution is -2.24. The van der Waals surface area contributed by atoms with Gasteiger partial charge in [0.1, 0.15) is 5.69 Å². The van der Waals surface area contributed by atoms with Crippen LogP contribution >= 0.6 is 0 Å². The highest BCUT2D eigenvalue weighted by Crippen LogP contribution is 2.27. The number of para-hydroxylation sites is 1. The van der Waals surface area contributed by atoms with E-state index in [1.54, 1.807) is 6.20 Å². The van der Waals surface area contributed by atoms with E-state index in [2.05, 4.69) is 56.9 Å². The molecular formula is C34H38N6. The maximum Gasteiger partial charge on any atom is 0.159 e. The molecule has 40 heavy (non-hydrogen) atoms. The minimum atomic E-state index is 0.697. The second-order valence-electron chi connectivity index (χ2n) is 10.3. The van der Waals surface area contributed by atoms with Crippen LogP contribution in [0.1, 0.15) is 39.5 Å². The van der Waals surface area contributed by atoms with Crippen LogP contribution in [0.4, 0.5) is 0 Å². The van der Waals surface area contributed by atoms with Gasteiger partial charge in [-0.25, -0.2) is 4.98 Å². The molecular weight excluding hydrogens is 492 g/mol. The molecule has 1 aliphatic carbocycles. The zero-order valence-corrected chi connectivity index (χ0v) is 23.5. The fourth-order valence-corrected chi connectivity index (χ4v) is 5.42. The Hall–Kier alpha value is -4.29. The Morgan fingerprint density at radius 3 is 2.70 bits per heavy atom. The second kappa shape index (κ2) is 12.7. The SMILES string of the molecule is C=C/C(=C\C(=C/C)C(=C)/C=c1/c(-c2nc3c(-c4ccccn4)cccc3[nH]2)n[nH]/c1=C/C)CNCC1CCCC1. The predicted octanol–water partition coefficient (Wildman–Crippen LogP) is 5.99. The highest BCUT2D eigenvalue weighted by molar-refractivity contribution is 5.92. The molecule has 1 fully saturated rings. The van der Waals surface area contributed by atoms with E-state index in [-0.39, 0.29) is 0 Å². The van der Waals surface area contributed by atoms with Crippen molar-refractivity contribution in [2.75, 3.05) is 13.1 Å². The topological polar surface area (TPSA) is 82.3 Å². The molecule has 0 radical (unpaired) electrons. The molecule has 1 saturated carbocycles. The van der Waals surface area contributed by atoms with Gasteiger partial charge in [0.2, 0.25) is 0 Å². The first kappa shape index (κ1) is 27.3. The van der Waals surface area contributed by atoms with Crippen molar-refractivity contribution in [3.05, 3.63) is 101 Å². The molecule has 6 nitrogen and oxygen atoms in total. The van der Waals surface area contributed by atoms with Crippen molar-refractivity contribution in [2.24, 2.45) is 5.92 Å². The quantitative estimate of drug-likeness (QED) is 0.220. The molecule has 5 rings (SSSR count). The van der Waals surface area contributed by atoms with Crippen molar-refractivity contribution in [1.29, 1.82) is 0 Å². The van der Waals surface area contributed by atoms with E-state index in [1.807, 2.05) is 62.4 Å². The Balaban J connectivity index is 1.46. The third-order valence-corrected chi connectivity index (χ3v) is 7.64. The Bertz CT molecular complexity index is 1680. The molecule has 0 aliphatic heterocycles. The van der Waals surface area contributed by atoms with Gasteiger partial charge in [0.05, 0.1) is 22.1 Å². The number of H-pyrrole nitrogens is 2. The third-order valence-electron chi connectivity index (χ3n) is 7.64. The van der Waals surface area contributed by atoms with Gasteiger partial charge in [-0.05, 0) is 80.1 Å². The summed E-state index contributed by atoms with van der Waals surface area (Å²) in [7, 11) is 0. The van der Waals surface area contributed by atoms with Crippen LogP contribution < -0.4 is 15.9 Å². The van der Waals surface area contributed by atoms with E-state index in [1.165, 1.54) is 25.7 Å². The van der Waals surface area contributed by atoms with Gasteiger partial charge in [-0.1, -0.05) is 68.5 Å². The standard InChI is InChI=1S/C34H38N6/c1-5-24(21-35-22-25-13-8-9-14-25)20-26(6-2)23(4)19-28-29(7-3)39-40-33(28)34-37-31-17-12-15-27(32(31)38-34)30-16-10-11-18-36-30/h5-7,10-12,15-20,25,35,39H,1,4,8-9,13-14,21-22H2,2-3H3,(H,37,38)/b24-20+,26-6+,28-19+,29-7+. The van der Waals surface area contributed by atoms with Crippen molar-refractivity contribution < 1.29 is 0 Å². The van der Waals surface area contributed by atoms with Crippen LogP contribution in [0.3, 0.4) is 0 Å². The van der Waals surface area contributed by atoms with E-state index in [0.717, 1.165) is 74.3 Å². The fraction of sp³-hybridized carbons (Fsp3) is 0.265. The molecule has 1 aliphatic rings. The molecule has 3 aromatic heterocycles. The number of nitrogens with zero attached hydrogens (tertiary/aromatic N) is 3. The molecule has 6 heteroatoms. The van der Waals surface area contributed by atoms with Crippen molar-refractivity contribution in [3.63, 3.8) is 0 Å². The summed E-state index contributed by atoms with van der Waals surface area (Å²) >= 11 is 0. The summed E-state index contributed by atoms with van der Waals surface area (Å²) in [6.07, 6.45) is 17.5. The van der Waals surface area contributed by atoms with Crippen LogP contribution in [-0.2, 0) is 0 Å². The van der Waals surface area contributed by atoms with Gasteiger partial charge in [0, 0.05) is 23.5 Å². The first-order valence-corrected chi connectivity index (χ1v) is 14.1. The molecule has 4 aromatic rings. The van der Waals surface area contributed by atoms with Crippen LogP contribution in [0.5, 0.6) is 0 Å². The number of fused-ring (bicyclic) bond motifs is 1. The number of benzene rings is 1. The van der Waals surface area contributed by atoms with Crippen LogP contribution in [0.2, 0.25) is 0 Å². The van der Waals surface area contributed by atoms with Crippen LogP contribution in [0.25, 0.3) is 46.0 Å². The normalized spacial score (nSPS) is 15.8. The van der Waals surface area contributed by atoms with Crippen molar-refractivity contribution in [1.82, 2.24) is 30.5 Å². The maximum atomic E-state index is 4.98. The average molecular weight is 531 g/mol. The number of aromatic nitrogens is 5. The number of hydrogen-bond donors (Lipinski definition) is 3. The molecule has 0 bridgehead atoms. The van der Waals surface area contributed by atoms with E-state index in [4.69, 9.17) is 4.98 Å². The summed E-state index contributed by atoms with van der Waals surface area (Å²) < 4.78 is 0. The first-order chi connectivity index (χ1) is 19.6. The number of imidazole rings is 1. The Kier molecular flexibility index (Phi) is 8.67. The molecule has 3 heterocycles. The minimum Gasteiger partial charge on any atom is -0.337 e. The lowest BCUT2D eigenvalue weighted by Gasteiger charge is -2.11. The molecule has 0 spiro atoms. The average Bonchev–Trinajstić information content (AvgIpc) is 3.75. The molecule has 0 saturated heterocycles. The Labute approximate surface area is 236 Å². The van der Waals surface area contributed by atoms with E-state index < -0.39 is 0 Å². The predicted molar refractivity (Wildman–Crippen MR) is 167 cm³/mol. The Morgan fingerprint density at radius 1 is 1.12 bits per heavy atom. The third kappa shape index (κ3) is 5.97. The van der Waals surface area contributed by atoms with Crippen molar-refractivity contribution in [2.45, 2.75) is 39.5 Å². The largest absolute Gasteiger partial charge is 0.337 e. The number of aromatic amines is 2. The summed E-state index contributed by atoms with van der Waals surface area (Å²) in [5, 5.41) is 13.3. The summed E-state index contributed by atoms with van der Waals surface area (Å²) in [4.78, 5) is 13.0. The summed E-state index contributed by atoms with van der Waals surface area (Å²) in [5.41, 5.74) is 7.51. The fourth-order valence-electron chi connectivity index (χ4n) is 5.42. The lowest BCUT2D eigenvalue weighted by molar-refractivity contribution is 0.503. The number of hydrogen-bond acceptors (Lipinski definition) is 4. The van der Waals surface area contributed by atoms with Crippen molar-refractivity contribution in [3.8, 4) is 22.8 Å². The van der Waals surface area contributed by atoms with Gasteiger partial charge >= 0.3 is 0 Å². The molecule has 0 unspecified atom stereocenters. The van der Waals surface area contributed by atoms with E-state index >= 15 is 0 Å². The smallest absolute Gasteiger partial charge is 0.159 e. The summed E-state index contributed by atoms with van der Waals surface area (Å²) in [6, 6.07) is 12.0. The summed E-state index contributed by atoms with van der Waals surface area (Å²) in [6.45, 7) is 14.4. The number of nitrogens with one attached hydrogen (secondary N) is 3. The highest BCUT2D eigenvalue weighted by Gasteiger charge is 2.15. The second-order valence-corrected chi connectivity index (χ2v) is 10.3. The van der Waals surface area contributed by atoms with Gasteiger partial charge in [0.15, 0.2) is 5.82 Å². The minimum absolute atomic E-state index is 0.697. The van der Waals surface area contributed by atoms with Crippen LogP contribution in [-0.4, -0.2) is 38.2 Å². The van der Waals surface area contributed by atoms with Crippen LogP contribution in [0.15, 0.2) is 90.7 Å². The zero-order valence-electron chi connectivity index (χ0n) is 23.5. The molecule has 1 aromatic carbocycles. The lowest BCUT2D eigenvalue weighted by atomic mass is 10.0. The highest BCUT2D eigenvalue weighted by atomic mass is 15.1. The van der Waals surface area contributed by atoms with Gasteiger partial charge in [-0.3, -0.25) is 10.1 Å². The molecule has 0 atom stereocenters. The van der Waals surface area contributed by atoms with Gasteiger partial charge in [0.25, 0.3) is 0 Å². The number of rotatable bonds is 10. The van der Waals surface area contributed by atoms with Crippen molar-refractivity contribution >= 4 is 23.2 Å². The van der Waals surface area contributed by atoms with Gasteiger partial charge in [-0.2, -0.15) is 5.10 Å². The van der Waals surface area contributed by atoms with E-state index in [0.29, 0.717) is 5.82 Å². The maximum absolute atomic E-state index is 4.98. The number of pyridine rings is 1. The zero-order chi connectivity index (χ0) is 27.9. The van der Waals surface area contributed by atoms with Gasteiger partial charge < -0.3 is 10.3 Å². The molecule has 204 valence electrons. The molecule has 0 amide bonds. The van der Waals surface area contributed by atoms with Gasteiger partial charge in [-0.15, -0.1) is 0 Å². The molecule has 3 N–H and O–H groups in total. The Morgan fingerprint density at radius 2 is 1.98 bits per heavy atom.